The number of ether oxygens (including phenoxy) is 2. The molecule has 144 valence electrons. The van der Waals surface area contributed by atoms with Crippen LogP contribution in [0.5, 0.6) is 5.75 Å². The van der Waals surface area contributed by atoms with Gasteiger partial charge in [-0.15, -0.1) is 0 Å². The van der Waals surface area contributed by atoms with Gasteiger partial charge in [0.15, 0.2) is 17.7 Å². The fraction of sp³-hybridized carbons (Fsp3) is 0.650. The van der Waals surface area contributed by atoms with E-state index in [0.29, 0.717) is 6.54 Å². The molecule has 1 aliphatic heterocycles. The highest BCUT2D eigenvalue weighted by Gasteiger charge is 2.39. The molecule has 1 unspecified atom stereocenters. The molecule has 1 aliphatic carbocycles. The van der Waals surface area contributed by atoms with Gasteiger partial charge in [-0.3, -0.25) is 9.69 Å². The van der Waals surface area contributed by atoms with Crippen molar-refractivity contribution in [1.82, 2.24) is 10.2 Å². The van der Waals surface area contributed by atoms with Crippen LogP contribution in [0.25, 0.3) is 0 Å². The molecule has 1 heterocycles. The summed E-state index contributed by atoms with van der Waals surface area (Å²) in [7, 11) is 0. The van der Waals surface area contributed by atoms with Gasteiger partial charge in [-0.05, 0) is 31.9 Å². The molecule has 1 atom stereocenters. The van der Waals surface area contributed by atoms with Crippen LogP contribution in [-0.2, 0) is 9.53 Å². The van der Waals surface area contributed by atoms with Crippen LogP contribution in [0.15, 0.2) is 24.3 Å². The molecule has 1 amide bonds. The Morgan fingerprint density at radius 1 is 1.27 bits per heavy atom. The van der Waals surface area contributed by atoms with Gasteiger partial charge in [0.1, 0.15) is 0 Å². The topological polar surface area (TPSA) is 50.8 Å². The Labute approximate surface area is 154 Å². The third kappa shape index (κ3) is 4.54. The second-order valence-electron chi connectivity index (χ2n) is 7.29. The molecule has 0 spiro atoms. The van der Waals surface area contributed by atoms with E-state index in [1.807, 2.05) is 0 Å². The zero-order chi connectivity index (χ0) is 18.4. The van der Waals surface area contributed by atoms with E-state index < -0.39 is 11.9 Å². The van der Waals surface area contributed by atoms with E-state index in [2.05, 4.69) is 10.2 Å². The summed E-state index contributed by atoms with van der Waals surface area (Å²) in [5.74, 6) is -0.550. The predicted octanol–water partition coefficient (Wildman–Crippen LogP) is 2.74. The molecular weight excluding hydrogens is 335 g/mol. The summed E-state index contributed by atoms with van der Waals surface area (Å²) < 4.78 is 24.7. The Morgan fingerprint density at radius 2 is 1.96 bits per heavy atom. The number of carbonyl (C=O) groups excluding carboxylic acids is 1. The highest BCUT2D eigenvalue weighted by Crippen LogP contribution is 2.34. The van der Waals surface area contributed by atoms with Gasteiger partial charge in [0.05, 0.1) is 13.2 Å². The lowest BCUT2D eigenvalue weighted by Gasteiger charge is -2.48. The van der Waals surface area contributed by atoms with Gasteiger partial charge < -0.3 is 14.8 Å². The Hall–Kier alpha value is -1.66. The first kappa shape index (κ1) is 19.1. The molecule has 1 N–H and O–H groups in total. The number of benzene rings is 1. The van der Waals surface area contributed by atoms with E-state index in [1.54, 1.807) is 19.1 Å². The largest absolute Gasteiger partial charge is 0.478 e. The normalized spacial score (nSPS) is 21.8. The molecule has 5 nitrogen and oxygen atoms in total. The van der Waals surface area contributed by atoms with E-state index in [9.17, 15) is 9.18 Å². The maximum Gasteiger partial charge on any atom is 0.260 e. The maximum atomic E-state index is 13.7. The number of hydrogen-bond donors (Lipinski definition) is 1. The number of nitrogens with zero attached hydrogens (tertiary/aromatic N) is 1. The molecule has 1 aromatic carbocycles. The molecular formula is C20H29FN2O3. The van der Waals surface area contributed by atoms with Crippen molar-refractivity contribution in [3.8, 4) is 5.75 Å². The van der Waals surface area contributed by atoms with Crippen LogP contribution in [0.3, 0.4) is 0 Å². The Morgan fingerprint density at radius 3 is 2.65 bits per heavy atom. The van der Waals surface area contributed by atoms with Gasteiger partial charge in [-0.25, -0.2) is 4.39 Å². The van der Waals surface area contributed by atoms with E-state index in [4.69, 9.17) is 9.47 Å². The molecule has 26 heavy (non-hydrogen) atoms. The average molecular weight is 364 g/mol. The number of hydrogen-bond acceptors (Lipinski definition) is 4. The van der Waals surface area contributed by atoms with E-state index in [1.165, 1.54) is 31.4 Å². The van der Waals surface area contributed by atoms with E-state index in [0.717, 1.165) is 39.1 Å². The van der Waals surface area contributed by atoms with Crippen LogP contribution < -0.4 is 10.1 Å². The SMILES string of the molecule is CC(Oc1ccccc1F)C(=O)NCC1(N2CCOCC2)CCCCC1. The monoisotopic (exact) mass is 364 g/mol. The Balaban J connectivity index is 1.59. The van der Waals surface area contributed by atoms with Gasteiger partial charge >= 0.3 is 0 Å². The molecule has 1 saturated carbocycles. The molecule has 1 saturated heterocycles. The zero-order valence-electron chi connectivity index (χ0n) is 15.5. The van der Waals surface area contributed by atoms with Crippen LogP contribution in [0.4, 0.5) is 4.39 Å². The summed E-state index contributed by atoms with van der Waals surface area (Å²) in [6.45, 7) is 5.60. The second kappa shape index (κ2) is 8.82. The van der Waals surface area contributed by atoms with E-state index >= 15 is 0 Å². The smallest absolute Gasteiger partial charge is 0.260 e. The molecule has 3 rings (SSSR count). The van der Waals surface area contributed by atoms with Crippen molar-refractivity contribution in [2.24, 2.45) is 0 Å². The van der Waals surface area contributed by atoms with Gasteiger partial charge in [0, 0.05) is 25.2 Å². The highest BCUT2D eigenvalue weighted by molar-refractivity contribution is 5.80. The number of morpholine rings is 1. The number of rotatable bonds is 6. The van der Waals surface area contributed by atoms with Crippen LogP contribution in [0.1, 0.15) is 39.0 Å². The summed E-state index contributed by atoms with van der Waals surface area (Å²) in [6.07, 6.45) is 5.08. The van der Waals surface area contributed by atoms with Crippen molar-refractivity contribution in [1.29, 1.82) is 0 Å². The van der Waals surface area contributed by atoms with Gasteiger partial charge in [-0.1, -0.05) is 31.4 Å². The first-order chi connectivity index (χ1) is 12.6. The third-order valence-corrected chi connectivity index (χ3v) is 5.57. The van der Waals surface area contributed by atoms with Crippen LogP contribution in [0, 0.1) is 5.82 Å². The second-order valence-corrected chi connectivity index (χ2v) is 7.29. The molecule has 2 aliphatic rings. The summed E-state index contributed by atoms with van der Waals surface area (Å²) >= 11 is 0. The number of carbonyl (C=O) groups is 1. The molecule has 0 bridgehead atoms. The number of para-hydroxylation sites is 1. The van der Waals surface area contributed by atoms with Crippen molar-refractivity contribution >= 4 is 5.91 Å². The Bertz CT molecular complexity index is 598. The van der Waals surface area contributed by atoms with Crippen LogP contribution in [0.2, 0.25) is 0 Å². The molecule has 0 radical (unpaired) electrons. The minimum atomic E-state index is -0.739. The predicted molar refractivity (Wildman–Crippen MR) is 97.7 cm³/mol. The Kier molecular flexibility index (Phi) is 6.48. The number of halogens is 1. The third-order valence-electron chi connectivity index (χ3n) is 5.57. The first-order valence-corrected chi connectivity index (χ1v) is 9.62. The molecule has 0 aromatic heterocycles. The summed E-state index contributed by atoms with van der Waals surface area (Å²) in [4.78, 5) is 15.0. The molecule has 1 aromatic rings. The lowest BCUT2D eigenvalue weighted by molar-refractivity contribution is -0.128. The first-order valence-electron chi connectivity index (χ1n) is 9.62. The van der Waals surface area contributed by atoms with Crippen molar-refractivity contribution < 1.29 is 18.7 Å². The summed E-state index contributed by atoms with van der Waals surface area (Å²) in [5, 5.41) is 3.06. The maximum absolute atomic E-state index is 13.7. The minimum absolute atomic E-state index is 0.00933. The number of nitrogens with one attached hydrogen (secondary N) is 1. The van der Waals surface area contributed by atoms with Crippen molar-refractivity contribution in [2.45, 2.75) is 50.7 Å². The quantitative estimate of drug-likeness (QED) is 0.843. The summed E-state index contributed by atoms with van der Waals surface area (Å²) in [6, 6.07) is 6.16. The fourth-order valence-corrected chi connectivity index (χ4v) is 4.03. The molecule has 2 fully saturated rings. The minimum Gasteiger partial charge on any atom is -0.478 e. The standard InChI is InChI=1S/C20H29FN2O3/c1-16(26-18-8-4-3-7-17(18)21)19(24)22-15-20(9-5-2-6-10-20)23-11-13-25-14-12-23/h3-4,7-8,16H,2,5-6,9-15H2,1H3,(H,22,24). The van der Waals surface area contributed by atoms with Crippen molar-refractivity contribution in [3.63, 3.8) is 0 Å². The fourth-order valence-electron chi connectivity index (χ4n) is 4.03. The zero-order valence-corrected chi connectivity index (χ0v) is 15.5. The van der Waals surface area contributed by atoms with Crippen molar-refractivity contribution in [2.75, 3.05) is 32.8 Å². The van der Waals surface area contributed by atoms with Crippen LogP contribution in [-0.4, -0.2) is 55.3 Å². The highest BCUT2D eigenvalue weighted by atomic mass is 19.1. The van der Waals surface area contributed by atoms with E-state index in [-0.39, 0.29) is 17.2 Å². The lowest BCUT2D eigenvalue weighted by atomic mass is 9.79. The molecule has 6 heteroatoms. The number of amides is 1. The lowest BCUT2D eigenvalue weighted by Crippen LogP contribution is -2.60. The van der Waals surface area contributed by atoms with Crippen LogP contribution >= 0.6 is 0 Å². The van der Waals surface area contributed by atoms with Gasteiger partial charge in [0.2, 0.25) is 0 Å². The van der Waals surface area contributed by atoms with Gasteiger partial charge in [-0.2, -0.15) is 0 Å². The van der Waals surface area contributed by atoms with Gasteiger partial charge in [0.25, 0.3) is 5.91 Å². The van der Waals surface area contributed by atoms with Crippen molar-refractivity contribution in [3.05, 3.63) is 30.1 Å². The summed E-state index contributed by atoms with van der Waals surface area (Å²) in [5.41, 5.74) is 0.00933. The average Bonchev–Trinajstić information content (AvgIpc) is 2.69.